The maximum atomic E-state index is 14.8. The minimum atomic E-state index is -0.818. The molecule has 0 unspecified atom stereocenters. The summed E-state index contributed by atoms with van der Waals surface area (Å²) in [5.74, 6) is -0.589. The minimum absolute atomic E-state index is 0.0659. The predicted molar refractivity (Wildman–Crippen MR) is 100 cm³/mol. The van der Waals surface area contributed by atoms with Gasteiger partial charge in [-0.1, -0.05) is 17.7 Å². The van der Waals surface area contributed by atoms with Crippen molar-refractivity contribution >= 4 is 23.4 Å². The van der Waals surface area contributed by atoms with Gasteiger partial charge in [0.25, 0.3) is 6.02 Å². The highest BCUT2D eigenvalue weighted by Crippen LogP contribution is 2.62. The zero-order valence-electron chi connectivity index (χ0n) is 14.8. The van der Waals surface area contributed by atoms with Crippen LogP contribution in [0.25, 0.3) is 0 Å². The number of ketones is 1. The van der Waals surface area contributed by atoms with E-state index in [2.05, 4.69) is 9.98 Å². The molecule has 1 saturated carbocycles. The van der Waals surface area contributed by atoms with E-state index >= 15 is 0 Å². The summed E-state index contributed by atoms with van der Waals surface area (Å²) in [7, 11) is 0. The summed E-state index contributed by atoms with van der Waals surface area (Å²) < 4.78 is 20.2. The second-order valence-electron chi connectivity index (χ2n) is 7.34. The van der Waals surface area contributed by atoms with Gasteiger partial charge < -0.3 is 10.5 Å². The highest BCUT2D eigenvalue weighted by molar-refractivity contribution is 6.33. The van der Waals surface area contributed by atoms with Crippen LogP contribution < -0.4 is 5.73 Å². The number of hydrogen-bond acceptors (Lipinski definition) is 5. The molecule has 2 heterocycles. The Labute approximate surface area is 161 Å². The first kappa shape index (κ1) is 17.9. The van der Waals surface area contributed by atoms with Crippen molar-refractivity contribution in [3.63, 3.8) is 0 Å². The third-order valence-electron chi connectivity index (χ3n) is 5.66. The summed E-state index contributed by atoms with van der Waals surface area (Å²) in [5.41, 5.74) is 6.04. The molecule has 2 aliphatic rings. The van der Waals surface area contributed by atoms with Gasteiger partial charge in [-0.3, -0.25) is 9.78 Å². The first-order valence-electron chi connectivity index (χ1n) is 8.75. The molecule has 27 heavy (non-hydrogen) atoms. The monoisotopic (exact) mass is 387 g/mol. The van der Waals surface area contributed by atoms with Crippen molar-refractivity contribution in [2.45, 2.75) is 31.7 Å². The van der Waals surface area contributed by atoms with Crippen LogP contribution in [0, 0.1) is 11.2 Å². The van der Waals surface area contributed by atoms with Crippen LogP contribution in [-0.4, -0.2) is 23.4 Å². The number of nitrogens with two attached hydrogens (primary N) is 1. The molecule has 1 fully saturated rings. The molecule has 2 N–H and O–H groups in total. The van der Waals surface area contributed by atoms with Crippen LogP contribution in [0.15, 0.2) is 41.5 Å². The van der Waals surface area contributed by atoms with Crippen LogP contribution in [0.1, 0.15) is 41.4 Å². The molecule has 5 nitrogen and oxygen atoms in total. The van der Waals surface area contributed by atoms with E-state index in [9.17, 15) is 9.18 Å². The first-order chi connectivity index (χ1) is 12.8. The molecule has 7 heteroatoms. The smallest absolute Gasteiger partial charge is 0.282 e. The van der Waals surface area contributed by atoms with Crippen molar-refractivity contribution < 1.29 is 13.9 Å². The van der Waals surface area contributed by atoms with Gasteiger partial charge in [-0.25, -0.2) is 9.38 Å². The van der Waals surface area contributed by atoms with Crippen LogP contribution in [0.5, 0.6) is 0 Å². The zero-order valence-corrected chi connectivity index (χ0v) is 15.6. The molecule has 140 valence electrons. The topological polar surface area (TPSA) is 77.6 Å². The number of benzene rings is 1. The quantitative estimate of drug-likeness (QED) is 0.812. The molecule has 1 atom stereocenters. The molecule has 0 amide bonds. The van der Waals surface area contributed by atoms with E-state index < -0.39 is 5.54 Å². The van der Waals surface area contributed by atoms with Gasteiger partial charge in [0.1, 0.15) is 11.5 Å². The number of hydrogen-bond donors (Lipinski definition) is 1. The van der Waals surface area contributed by atoms with Crippen molar-refractivity contribution in [3.8, 4) is 0 Å². The van der Waals surface area contributed by atoms with Crippen molar-refractivity contribution in [1.29, 1.82) is 0 Å². The van der Waals surface area contributed by atoms with E-state index in [-0.39, 0.29) is 35.2 Å². The van der Waals surface area contributed by atoms with E-state index in [1.807, 2.05) is 6.92 Å². The van der Waals surface area contributed by atoms with Gasteiger partial charge in [0, 0.05) is 23.6 Å². The van der Waals surface area contributed by atoms with E-state index in [1.54, 1.807) is 24.3 Å². The molecule has 1 aliphatic carbocycles. The SMILES string of the molecule is C[C@]1(c2cc(CC(=O)c3ncccc3Cl)ccc2F)N=C(N)OCC12CC2. The predicted octanol–water partition coefficient (Wildman–Crippen LogP) is 3.64. The number of ether oxygens (including phenoxy) is 1. The Hall–Kier alpha value is -2.47. The number of amidine groups is 1. The molecule has 1 aliphatic heterocycles. The molecule has 1 spiro atoms. The highest BCUT2D eigenvalue weighted by atomic mass is 35.5. The Morgan fingerprint density at radius 1 is 1.37 bits per heavy atom. The number of carbonyl (C=O) groups excluding carboxylic acids is 1. The molecule has 4 rings (SSSR count). The number of Topliss-reactive ketones (excluding diaryl/α,β-unsaturated/α-hetero) is 1. The van der Waals surface area contributed by atoms with Crippen LogP contribution in [0.4, 0.5) is 4.39 Å². The minimum Gasteiger partial charge on any atom is -0.465 e. The lowest BCUT2D eigenvalue weighted by molar-refractivity contribution is 0.0987. The molecular formula is C20H19ClFN3O2. The van der Waals surface area contributed by atoms with Gasteiger partial charge in [0.15, 0.2) is 5.78 Å². The number of pyridine rings is 1. The molecule has 1 aromatic heterocycles. The van der Waals surface area contributed by atoms with Gasteiger partial charge in [0.05, 0.1) is 17.2 Å². The van der Waals surface area contributed by atoms with Crippen LogP contribution >= 0.6 is 11.6 Å². The second kappa shape index (κ2) is 6.30. The summed E-state index contributed by atoms with van der Waals surface area (Å²) in [4.78, 5) is 21.1. The Morgan fingerprint density at radius 2 is 2.15 bits per heavy atom. The molecule has 0 saturated heterocycles. The summed E-state index contributed by atoms with van der Waals surface area (Å²) in [5, 5.41) is 0.301. The highest BCUT2D eigenvalue weighted by Gasteiger charge is 2.61. The number of carbonyl (C=O) groups is 1. The fourth-order valence-electron chi connectivity index (χ4n) is 3.77. The zero-order chi connectivity index (χ0) is 19.2. The number of aromatic nitrogens is 1. The van der Waals surface area contributed by atoms with Gasteiger partial charge in [-0.2, -0.15) is 0 Å². The number of aliphatic imine (C=N–C) groups is 1. The van der Waals surface area contributed by atoms with Gasteiger partial charge >= 0.3 is 0 Å². The van der Waals surface area contributed by atoms with E-state index in [0.29, 0.717) is 22.8 Å². The lowest BCUT2D eigenvalue weighted by Gasteiger charge is -2.38. The fourth-order valence-corrected chi connectivity index (χ4v) is 3.99. The average molecular weight is 388 g/mol. The molecule has 0 bridgehead atoms. The van der Waals surface area contributed by atoms with Crippen molar-refractivity contribution in [2.24, 2.45) is 16.1 Å². The van der Waals surface area contributed by atoms with Crippen molar-refractivity contribution in [3.05, 3.63) is 64.2 Å². The lowest BCUT2D eigenvalue weighted by atomic mass is 9.76. The normalized spacial score (nSPS) is 22.9. The molecule has 2 aromatic rings. The fraction of sp³-hybridized carbons (Fsp3) is 0.350. The average Bonchev–Trinajstić information content (AvgIpc) is 3.42. The Balaban J connectivity index is 1.69. The Kier molecular flexibility index (Phi) is 4.18. The largest absolute Gasteiger partial charge is 0.465 e. The first-order valence-corrected chi connectivity index (χ1v) is 9.13. The standard InChI is InChI=1S/C20H19ClFN3O2/c1-19(20(6-7-20)11-27-18(23)25-19)13-9-12(4-5-15(13)22)10-16(26)17-14(21)3-2-8-24-17/h2-5,8-9H,6-7,10-11H2,1H3,(H2,23,25)/t19-/m1/s1. The van der Waals surface area contributed by atoms with Crippen molar-refractivity contribution in [2.75, 3.05) is 6.61 Å². The van der Waals surface area contributed by atoms with Gasteiger partial charge in [-0.15, -0.1) is 0 Å². The molecule has 0 radical (unpaired) electrons. The maximum Gasteiger partial charge on any atom is 0.282 e. The summed E-state index contributed by atoms with van der Waals surface area (Å²) >= 11 is 6.06. The van der Waals surface area contributed by atoms with Crippen LogP contribution in [0.3, 0.4) is 0 Å². The number of nitrogens with zero attached hydrogens (tertiary/aromatic N) is 2. The lowest BCUT2D eigenvalue weighted by Crippen LogP contribution is -2.43. The summed E-state index contributed by atoms with van der Waals surface area (Å²) in [6.07, 6.45) is 3.38. The van der Waals surface area contributed by atoms with E-state index in [1.165, 1.54) is 12.3 Å². The van der Waals surface area contributed by atoms with Crippen LogP contribution in [0.2, 0.25) is 5.02 Å². The van der Waals surface area contributed by atoms with Crippen molar-refractivity contribution in [1.82, 2.24) is 4.98 Å². The molecular weight excluding hydrogens is 369 g/mol. The summed E-state index contributed by atoms with van der Waals surface area (Å²) in [6.45, 7) is 2.31. The number of rotatable bonds is 4. The Morgan fingerprint density at radius 3 is 2.85 bits per heavy atom. The van der Waals surface area contributed by atoms with E-state index in [4.69, 9.17) is 22.1 Å². The maximum absolute atomic E-state index is 14.8. The van der Waals surface area contributed by atoms with Crippen LogP contribution in [-0.2, 0) is 16.7 Å². The second-order valence-corrected chi connectivity index (χ2v) is 7.75. The van der Waals surface area contributed by atoms with Gasteiger partial charge in [0.2, 0.25) is 0 Å². The number of halogens is 2. The summed E-state index contributed by atoms with van der Waals surface area (Å²) in [6, 6.07) is 8.03. The molecule has 1 aromatic carbocycles. The Bertz CT molecular complexity index is 958. The third-order valence-corrected chi connectivity index (χ3v) is 5.96. The van der Waals surface area contributed by atoms with Gasteiger partial charge in [-0.05, 0) is 49.6 Å². The third kappa shape index (κ3) is 2.98. The van der Waals surface area contributed by atoms with E-state index in [0.717, 1.165) is 12.8 Å².